The number of hydrogen-bond acceptors (Lipinski definition) is 2. The molecule has 0 aromatic carbocycles. The quantitative estimate of drug-likeness (QED) is 0.730. The lowest BCUT2D eigenvalue weighted by atomic mass is 9.87. The van der Waals surface area contributed by atoms with Crippen LogP contribution in [0.3, 0.4) is 0 Å². The number of urea groups is 1. The predicted octanol–water partition coefficient (Wildman–Crippen LogP) is 1.44. The lowest BCUT2D eigenvalue weighted by Crippen LogP contribution is -2.42. The molecule has 0 heterocycles. The molecule has 4 heteroatoms. The van der Waals surface area contributed by atoms with Crippen molar-refractivity contribution in [3.8, 4) is 0 Å². The summed E-state index contributed by atoms with van der Waals surface area (Å²) < 4.78 is 0. The van der Waals surface area contributed by atoms with Gasteiger partial charge in [-0.1, -0.05) is 13.8 Å². The molecular formula is C11H24N2O2. The molecule has 90 valence electrons. The van der Waals surface area contributed by atoms with Crippen molar-refractivity contribution in [3.05, 3.63) is 0 Å². The average molecular weight is 216 g/mol. The van der Waals surface area contributed by atoms with Crippen molar-refractivity contribution < 1.29 is 9.90 Å². The molecule has 1 unspecified atom stereocenters. The highest BCUT2D eigenvalue weighted by Crippen LogP contribution is 2.20. The van der Waals surface area contributed by atoms with E-state index in [2.05, 4.69) is 5.32 Å². The van der Waals surface area contributed by atoms with Crippen LogP contribution in [0.25, 0.3) is 0 Å². The first kappa shape index (κ1) is 14.2. The zero-order valence-corrected chi connectivity index (χ0v) is 10.5. The Morgan fingerprint density at radius 1 is 1.53 bits per heavy atom. The van der Waals surface area contributed by atoms with Gasteiger partial charge in [0.25, 0.3) is 0 Å². The fourth-order valence-electron chi connectivity index (χ4n) is 1.47. The number of nitrogens with one attached hydrogen (secondary N) is 1. The first-order valence-corrected chi connectivity index (χ1v) is 5.45. The molecule has 2 N–H and O–H groups in total. The highest BCUT2D eigenvalue weighted by molar-refractivity contribution is 5.73. The Morgan fingerprint density at radius 2 is 2.07 bits per heavy atom. The topological polar surface area (TPSA) is 52.6 Å². The van der Waals surface area contributed by atoms with Gasteiger partial charge in [-0.3, -0.25) is 0 Å². The Bertz CT molecular complexity index is 203. The van der Waals surface area contributed by atoms with Gasteiger partial charge in [0.15, 0.2) is 0 Å². The zero-order chi connectivity index (χ0) is 12.1. The van der Waals surface area contributed by atoms with E-state index in [1.54, 1.807) is 18.9 Å². The molecule has 0 aromatic heterocycles. The summed E-state index contributed by atoms with van der Waals surface area (Å²) in [7, 11) is 1.76. The molecule has 1 atom stereocenters. The predicted molar refractivity (Wildman–Crippen MR) is 61.8 cm³/mol. The summed E-state index contributed by atoms with van der Waals surface area (Å²) in [5, 5.41) is 12.1. The van der Waals surface area contributed by atoms with Crippen LogP contribution in [0.1, 0.15) is 34.1 Å². The van der Waals surface area contributed by atoms with Gasteiger partial charge in [-0.05, 0) is 25.7 Å². The zero-order valence-electron chi connectivity index (χ0n) is 10.5. The molecule has 4 nitrogen and oxygen atoms in total. The van der Waals surface area contributed by atoms with Crippen molar-refractivity contribution in [1.29, 1.82) is 0 Å². The molecular weight excluding hydrogens is 192 g/mol. The van der Waals surface area contributed by atoms with E-state index in [9.17, 15) is 9.90 Å². The minimum absolute atomic E-state index is 0.0591. The third-order valence-electron chi connectivity index (χ3n) is 2.39. The van der Waals surface area contributed by atoms with E-state index in [0.717, 1.165) is 0 Å². The number of aliphatic hydroxyl groups excluding tert-OH is 1. The van der Waals surface area contributed by atoms with Crippen LogP contribution in [0, 0.1) is 5.41 Å². The van der Waals surface area contributed by atoms with Crippen LogP contribution in [-0.2, 0) is 0 Å². The average Bonchev–Trinajstić information content (AvgIpc) is 2.11. The third kappa shape index (κ3) is 6.33. The van der Waals surface area contributed by atoms with Crippen LogP contribution in [-0.4, -0.2) is 42.3 Å². The second-order valence-corrected chi connectivity index (χ2v) is 4.89. The van der Waals surface area contributed by atoms with Gasteiger partial charge in [0.1, 0.15) is 0 Å². The molecule has 0 aliphatic carbocycles. The monoisotopic (exact) mass is 216 g/mol. The summed E-state index contributed by atoms with van der Waals surface area (Å²) in [6, 6.07) is -0.0591. The molecule has 0 bridgehead atoms. The maximum atomic E-state index is 11.5. The smallest absolute Gasteiger partial charge is 0.317 e. The minimum atomic E-state index is -0.333. The van der Waals surface area contributed by atoms with Crippen LogP contribution in [0.2, 0.25) is 0 Å². The van der Waals surface area contributed by atoms with Gasteiger partial charge in [-0.2, -0.15) is 0 Å². The van der Waals surface area contributed by atoms with Gasteiger partial charge >= 0.3 is 6.03 Å². The molecule has 0 aliphatic heterocycles. The van der Waals surface area contributed by atoms with Crippen molar-refractivity contribution in [2.45, 2.75) is 40.2 Å². The fraction of sp³-hybridized carbons (Fsp3) is 0.909. The van der Waals surface area contributed by atoms with E-state index in [-0.39, 0.29) is 17.6 Å². The highest BCUT2D eigenvalue weighted by Gasteiger charge is 2.21. The lowest BCUT2D eigenvalue weighted by Gasteiger charge is -2.27. The second kappa shape index (κ2) is 5.95. The van der Waals surface area contributed by atoms with Gasteiger partial charge in [0.05, 0.1) is 6.10 Å². The second-order valence-electron chi connectivity index (χ2n) is 4.89. The first-order chi connectivity index (χ1) is 6.78. The van der Waals surface area contributed by atoms with E-state index in [4.69, 9.17) is 0 Å². The lowest BCUT2D eigenvalue weighted by molar-refractivity contribution is 0.127. The molecule has 0 radical (unpaired) electrons. The summed E-state index contributed by atoms with van der Waals surface area (Å²) in [6.07, 6.45) is 0.351. The molecule has 0 rings (SSSR count). The van der Waals surface area contributed by atoms with Crippen molar-refractivity contribution >= 4 is 6.03 Å². The van der Waals surface area contributed by atoms with Crippen molar-refractivity contribution in [1.82, 2.24) is 10.2 Å². The number of carbonyl (C=O) groups is 1. The van der Waals surface area contributed by atoms with Gasteiger partial charge in [0.2, 0.25) is 0 Å². The summed E-state index contributed by atoms with van der Waals surface area (Å²) in [5.74, 6) is 0. The van der Waals surface area contributed by atoms with Gasteiger partial charge in [0, 0.05) is 20.1 Å². The van der Waals surface area contributed by atoms with E-state index in [1.165, 1.54) is 0 Å². The molecule has 15 heavy (non-hydrogen) atoms. The SMILES string of the molecule is CCN(C)C(=O)NCC(C)(C)CC(C)O. The van der Waals surface area contributed by atoms with E-state index >= 15 is 0 Å². The number of nitrogens with zero attached hydrogens (tertiary/aromatic N) is 1. The summed E-state index contributed by atoms with van der Waals surface area (Å²) in [6.45, 7) is 9.05. The molecule has 0 saturated heterocycles. The van der Waals surface area contributed by atoms with Crippen LogP contribution in [0.15, 0.2) is 0 Å². The first-order valence-electron chi connectivity index (χ1n) is 5.45. The number of aliphatic hydroxyl groups is 1. The third-order valence-corrected chi connectivity index (χ3v) is 2.39. The maximum Gasteiger partial charge on any atom is 0.317 e. The van der Waals surface area contributed by atoms with Crippen molar-refractivity contribution in [2.75, 3.05) is 20.1 Å². The number of amides is 2. The Labute approximate surface area is 92.7 Å². The summed E-state index contributed by atoms with van der Waals surface area (Å²) in [5.41, 5.74) is -0.0710. The largest absolute Gasteiger partial charge is 0.393 e. The summed E-state index contributed by atoms with van der Waals surface area (Å²) >= 11 is 0. The van der Waals surface area contributed by atoms with E-state index < -0.39 is 0 Å². The van der Waals surface area contributed by atoms with Gasteiger partial charge < -0.3 is 15.3 Å². The molecule has 0 spiro atoms. The standard InChI is InChI=1S/C11H24N2O2/c1-6-13(5)10(15)12-8-11(3,4)7-9(2)14/h9,14H,6-8H2,1-5H3,(H,12,15). The van der Waals surface area contributed by atoms with Gasteiger partial charge in [-0.25, -0.2) is 4.79 Å². The van der Waals surface area contributed by atoms with Crippen molar-refractivity contribution in [2.24, 2.45) is 5.41 Å². The Kier molecular flexibility index (Phi) is 5.65. The van der Waals surface area contributed by atoms with Gasteiger partial charge in [-0.15, -0.1) is 0 Å². The Balaban J connectivity index is 3.98. The summed E-state index contributed by atoms with van der Waals surface area (Å²) in [4.78, 5) is 13.1. The Hall–Kier alpha value is -0.770. The van der Waals surface area contributed by atoms with Crippen molar-refractivity contribution in [3.63, 3.8) is 0 Å². The molecule has 2 amide bonds. The normalized spacial score (nSPS) is 13.5. The number of hydrogen-bond donors (Lipinski definition) is 2. The van der Waals surface area contributed by atoms with E-state index in [0.29, 0.717) is 19.5 Å². The number of rotatable bonds is 5. The molecule has 0 aliphatic rings. The highest BCUT2D eigenvalue weighted by atomic mass is 16.3. The van der Waals surface area contributed by atoms with Crippen LogP contribution in [0.5, 0.6) is 0 Å². The fourth-order valence-corrected chi connectivity index (χ4v) is 1.47. The van der Waals surface area contributed by atoms with Crippen LogP contribution >= 0.6 is 0 Å². The maximum absolute atomic E-state index is 11.5. The van der Waals surface area contributed by atoms with Crippen LogP contribution in [0.4, 0.5) is 4.79 Å². The van der Waals surface area contributed by atoms with Crippen LogP contribution < -0.4 is 5.32 Å². The minimum Gasteiger partial charge on any atom is -0.393 e. The molecule has 0 saturated carbocycles. The molecule has 0 aromatic rings. The molecule has 0 fully saturated rings. The Morgan fingerprint density at radius 3 is 2.47 bits per heavy atom. The van der Waals surface area contributed by atoms with E-state index in [1.807, 2.05) is 20.8 Å². The number of carbonyl (C=O) groups excluding carboxylic acids is 1.